The maximum absolute atomic E-state index is 5.22. The molecule has 1 fully saturated rings. The Labute approximate surface area is 90.9 Å². The fraction of sp³-hybridized carbons (Fsp3) is 0.583. The summed E-state index contributed by atoms with van der Waals surface area (Å²) in [6, 6.07) is 4.55. The van der Waals surface area contributed by atoms with Crippen molar-refractivity contribution in [2.45, 2.75) is 25.8 Å². The molecule has 1 unspecified atom stereocenters. The molecule has 15 heavy (non-hydrogen) atoms. The van der Waals surface area contributed by atoms with Crippen LogP contribution in [0.5, 0.6) is 0 Å². The van der Waals surface area contributed by atoms with Crippen molar-refractivity contribution >= 4 is 5.69 Å². The molecule has 1 heterocycles. The van der Waals surface area contributed by atoms with E-state index in [9.17, 15) is 0 Å². The highest BCUT2D eigenvalue weighted by Crippen LogP contribution is 2.34. The summed E-state index contributed by atoms with van der Waals surface area (Å²) < 4.78 is 5.22. The van der Waals surface area contributed by atoms with Gasteiger partial charge >= 0.3 is 0 Å². The van der Waals surface area contributed by atoms with E-state index < -0.39 is 0 Å². The summed E-state index contributed by atoms with van der Waals surface area (Å²) in [5.41, 5.74) is 2.14. The summed E-state index contributed by atoms with van der Waals surface area (Å²) in [7, 11) is 1.75. The minimum absolute atomic E-state index is 0.444. The van der Waals surface area contributed by atoms with Gasteiger partial charge in [0.25, 0.3) is 0 Å². The topological polar surface area (TPSA) is 34.1 Å². The molecule has 2 rings (SSSR count). The SMILES string of the molecule is COCC(Nc1ccc(C)nc1)C1CC1. The maximum Gasteiger partial charge on any atom is 0.0666 e. The highest BCUT2D eigenvalue weighted by Gasteiger charge is 2.31. The van der Waals surface area contributed by atoms with E-state index in [1.54, 1.807) is 7.11 Å². The quantitative estimate of drug-likeness (QED) is 0.802. The van der Waals surface area contributed by atoms with Gasteiger partial charge in [-0.25, -0.2) is 0 Å². The van der Waals surface area contributed by atoms with Crippen LogP contribution in [-0.4, -0.2) is 24.7 Å². The number of hydrogen-bond donors (Lipinski definition) is 1. The average Bonchev–Trinajstić information content (AvgIpc) is 3.04. The van der Waals surface area contributed by atoms with Crippen molar-refractivity contribution in [3.05, 3.63) is 24.0 Å². The number of rotatable bonds is 5. The second-order valence-electron chi connectivity index (χ2n) is 4.23. The molecule has 0 bridgehead atoms. The summed E-state index contributed by atoms with van der Waals surface area (Å²) in [6.07, 6.45) is 4.53. The molecule has 0 spiro atoms. The van der Waals surface area contributed by atoms with Gasteiger partial charge < -0.3 is 10.1 Å². The smallest absolute Gasteiger partial charge is 0.0666 e. The summed E-state index contributed by atoms with van der Waals surface area (Å²) in [4.78, 5) is 4.27. The lowest BCUT2D eigenvalue weighted by Crippen LogP contribution is -2.27. The molecular weight excluding hydrogens is 188 g/mol. The lowest BCUT2D eigenvalue weighted by molar-refractivity contribution is 0.179. The molecule has 1 aliphatic carbocycles. The Hall–Kier alpha value is -1.09. The number of nitrogens with one attached hydrogen (secondary N) is 1. The molecule has 82 valence electrons. The summed E-state index contributed by atoms with van der Waals surface area (Å²) in [6.45, 7) is 2.77. The van der Waals surface area contributed by atoms with Gasteiger partial charge in [0, 0.05) is 12.8 Å². The van der Waals surface area contributed by atoms with E-state index in [1.165, 1.54) is 12.8 Å². The maximum atomic E-state index is 5.22. The molecule has 1 aliphatic rings. The second kappa shape index (κ2) is 4.62. The van der Waals surface area contributed by atoms with Crippen molar-refractivity contribution < 1.29 is 4.74 Å². The highest BCUT2D eigenvalue weighted by atomic mass is 16.5. The largest absolute Gasteiger partial charge is 0.383 e. The molecule has 0 aromatic carbocycles. The van der Waals surface area contributed by atoms with Crippen molar-refractivity contribution in [2.75, 3.05) is 19.0 Å². The number of aryl methyl sites for hydroxylation is 1. The van der Waals surface area contributed by atoms with Gasteiger partial charge in [0.2, 0.25) is 0 Å². The Balaban J connectivity index is 1.95. The minimum atomic E-state index is 0.444. The Kier molecular flexibility index (Phi) is 3.21. The second-order valence-corrected chi connectivity index (χ2v) is 4.23. The van der Waals surface area contributed by atoms with Gasteiger partial charge in [0.15, 0.2) is 0 Å². The van der Waals surface area contributed by atoms with E-state index in [1.807, 2.05) is 19.2 Å². The van der Waals surface area contributed by atoms with Gasteiger partial charge in [-0.15, -0.1) is 0 Å². The van der Waals surface area contributed by atoms with Crippen molar-refractivity contribution in [1.82, 2.24) is 4.98 Å². The lowest BCUT2D eigenvalue weighted by atomic mass is 10.2. The summed E-state index contributed by atoms with van der Waals surface area (Å²) in [5, 5.41) is 3.48. The van der Waals surface area contributed by atoms with Gasteiger partial charge in [-0.3, -0.25) is 4.98 Å². The summed E-state index contributed by atoms with van der Waals surface area (Å²) in [5.74, 6) is 0.784. The number of ether oxygens (including phenoxy) is 1. The van der Waals surface area contributed by atoms with Crippen LogP contribution >= 0.6 is 0 Å². The van der Waals surface area contributed by atoms with Gasteiger partial charge in [-0.05, 0) is 37.8 Å². The van der Waals surface area contributed by atoms with Crippen LogP contribution in [0.15, 0.2) is 18.3 Å². The first-order valence-electron chi connectivity index (χ1n) is 5.47. The van der Waals surface area contributed by atoms with E-state index >= 15 is 0 Å². The van der Waals surface area contributed by atoms with Crippen LogP contribution in [0.4, 0.5) is 5.69 Å². The third-order valence-electron chi connectivity index (χ3n) is 2.80. The molecule has 0 aliphatic heterocycles. The van der Waals surface area contributed by atoms with E-state index in [4.69, 9.17) is 4.74 Å². The first-order chi connectivity index (χ1) is 7.29. The van der Waals surface area contributed by atoms with Crippen molar-refractivity contribution in [1.29, 1.82) is 0 Å². The van der Waals surface area contributed by atoms with E-state index in [2.05, 4.69) is 16.4 Å². The summed E-state index contributed by atoms with van der Waals surface area (Å²) >= 11 is 0. The number of methoxy groups -OCH3 is 1. The molecular formula is C12H18N2O. The predicted molar refractivity (Wildman–Crippen MR) is 61.0 cm³/mol. The zero-order valence-electron chi connectivity index (χ0n) is 9.36. The van der Waals surface area contributed by atoms with Gasteiger partial charge in [0.1, 0.15) is 0 Å². The molecule has 1 aromatic rings. The Morgan fingerprint density at radius 1 is 1.53 bits per heavy atom. The van der Waals surface area contributed by atoms with Crippen molar-refractivity contribution in [3.63, 3.8) is 0 Å². The fourth-order valence-electron chi connectivity index (χ4n) is 1.74. The van der Waals surface area contributed by atoms with Crippen molar-refractivity contribution in [2.24, 2.45) is 5.92 Å². The van der Waals surface area contributed by atoms with Crippen molar-refractivity contribution in [3.8, 4) is 0 Å². The van der Waals surface area contributed by atoms with E-state index in [-0.39, 0.29) is 0 Å². The first-order valence-corrected chi connectivity index (χ1v) is 5.47. The normalized spacial score (nSPS) is 17.5. The number of aromatic nitrogens is 1. The van der Waals surface area contributed by atoms with Crippen LogP contribution in [0.3, 0.4) is 0 Å². The first kappa shape index (κ1) is 10.4. The van der Waals surface area contributed by atoms with Crippen LogP contribution in [0, 0.1) is 12.8 Å². The molecule has 1 saturated carbocycles. The Morgan fingerprint density at radius 2 is 2.33 bits per heavy atom. The Bertz CT molecular complexity index is 306. The molecule has 0 amide bonds. The monoisotopic (exact) mass is 206 g/mol. The number of pyridine rings is 1. The molecule has 1 N–H and O–H groups in total. The van der Waals surface area contributed by atoms with Crippen LogP contribution in [0.1, 0.15) is 18.5 Å². The third kappa shape index (κ3) is 2.93. The number of hydrogen-bond acceptors (Lipinski definition) is 3. The van der Waals surface area contributed by atoms with Gasteiger partial charge in [0.05, 0.1) is 24.5 Å². The minimum Gasteiger partial charge on any atom is -0.383 e. The fourth-order valence-corrected chi connectivity index (χ4v) is 1.74. The predicted octanol–water partition coefficient (Wildman–Crippen LogP) is 2.23. The standard InChI is InChI=1S/C12H18N2O/c1-9-3-6-11(7-13-9)14-12(8-15-2)10-4-5-10/h3,6-7,10,12,14H,4-5,8H2,1-2H3. The zero-order chi connectivity index (χ0) is 10.7. The molecule has 1 aromatic heterocycles. The van der Waals surface area contributed by atoms with Gasteiger partial charge in [-0.1, -0.05) is 0 Å². The molecule has 3 heteroatoms. The number of nitrogens with zero attached hydrogens (tertiary/aromatic N) is 1. The third-order valence-corrected chi connectivity index (χ3v) is 2.80. The Morgan fingerprint density at radius 3 is 2.87 bits per heavy atom. The van der Waals surface area contributed by atoms with Crippen LogP contribution < -0.4 is 5.32 Å². The molecule has 0 saturated heterocycles. The highest BCUT2D eigenvalue weighted by molar-refractivity contribution is 5.42. The van der Waals surface area contributed by atoms with E-state index in [0.29, 0.717) is 6.04 Å². The van der Waals surface area contributed by atoms with Crippen LogP contribution in [0.2, 0.25) is 0 Å². The average molecular weight is 206 g/mol. The van der Waals surface area contributed by atoms with E-state index in [0.717, 1.165) is 23.9 Å². The molecule has 3 nitrogen and oxygen atoms in total. The number of anilines is 1. The lowest BCUT2D eigenvalue weighted by Gasteiger charge is -2.18. The van der Waals surface area contributed by atoms with Crippen LogP contribution in [0.25, 0.3) is 0 Å². The molecule has 0 radical (unpaired) electrons. The van der Waals surface area contributed by atoms with Gasteiger partial charge in [-0.2, -0.15) is 0 Å². The molecule has 1 atom stereocenters. The zero-order valence-corrected chi connectivity index (χ0v) is 9.36. The van der Waals surface area contributed by atoms with Crippen LogP contribution in [-0.2, 0) is 4.74 Å².